The monoisotopic (exact) mass is 426 g/mol. The van der Waals surface area contributed by atoms with Crippen LogP contribution in [0.4, 0.5) is 11.5 Å². The zero-order valence-electron chi connectivity index (χ0n) is 17.6. The van der Waals surface area contributed by atoms with Crippen molar-refractivity contribution in [2.75, 3.05) is 11.1 Å². The van der Waals surface area contributed by atoms with Gasteiger partial charge in [0.1, 0.15) is 5.82 Å². The van der Waals surface area contributed by atoms with Gasteiger partial charge < -0.3 is 16.4 Å². The largest absolute Gasteiger partial charge is 0.398 e. The molecular formula is C24H22N6O2. The van der Waals surface area contributed by atoms with Gasteiger partial charge in [0.05, 0.1) is 18.0 Å². The van der Waals surface area contributed by atoms with Gasteiger partial charge in [-0.25, -0.2) is 4.98 Å². The lowest BCUT2D eigenvalue weighted by molar-refractivity contribution is -0.118. The zero-order valence-corrected chi connectivity index (χ0v) is 17.6. The second-order valence-electron chi connectivity index (χ2n) is 7.97. The van der Waals surface area contributed by atoms with Crippen molar-refractivity contribution in [1.82, 2.24) is 15.3 Å². The minimum atomic E-state index is -0.482. The van der Waals surface area contributed by atoms with Crippen molar-refractivity contribution < 1.29 is 9.59 Å². The minimum Gasteiger partial charge on any atom is -0.398 e. The highest BCUT2D eigenvalue weighted by molar-refractivity contribution is 6.04. The molecule has 8 heteroatoms. The summed E-state index contributed by atoms with van der Waals surface area (Å²) >= 11 is 0. The standard InChI is InChI=1S/C24H22N6O2/c1-15-4-9-27-13-18(15)16-10-17-12-21(28-14-19(17)20(26)11-16)29-22(31)2-3-23(32)30-24(5-6-24)7-8-25/h2-4,9-14H,5-7,26H2,1H3,(H,30,32)(H,28,29,31)/b3-2-. The number of aryl methyl sites for hydroxylation is 1. The number of pyridine rings is 2. The van der Waals surface area contributed by atoms with E-state index in [-0.39, 0.29) is 6.42 Å². The quantitative estimate of drug-likeness (QED) is 0.409. The third-order valence-electron chi connectivity index (χ3n) is 5.52. The molecule has 3 aromatic rings. The number of carbonyl (C=O) groups is 2. The van der Waals surface area contributed by atoms with E-state index in [2.05, 4.69) is 26.7 Å². The number of nitrogen functional groups attached to an aromatic ring is 1. The number of aromatic nitrogens is 2. The molecule has 0 unspecified atom stereocenters. The highest BCUT2D eigenvalue weighted by Gasteiger charge is 2.43. The van der Waals surface area contributed by atoms with Gasteiger partial charge >= 0.3 is 0 Å². The maximum Gasteiger partial charge on any atom is 0.249 e. The van der Waals surface area contributed by atoms with E-state index >= 15 is 0 Å². The first kappa shape index (κ1) is 21.0. The first-order valence-electron chi connectivity index (χ1n) is 10.2. The maximum absolute atomic E-state index is 12.3. The Bertz CT molecular complexity index is 1290. The Balaban J connectivity index is 1.50. The number of fused-ring (bicyclic) bond motifs is 1. The van der Waals surface area contributed by atoms with Gasteiger partial charge in [-0.1, -0.05) is 0 Å². The van der Waals surface area contributed by atoms with Gasteiger partial charge in [-0.2, -0.15) is 5.26 Å². The molecular weight excluding hydrogens is 404 g/mol. The van der Waals surface area contributed by atoms with Crippen LogP contribution in [0.5, 0.6) is 0 Å². The van der Waals surface area contributed by atoms with E-state index in [1.54, 1.807) is 24.7 Å². The Morgan fingerprint density at radius 1 is 1.22 bits per heavy atom. The first-order valence-corrected chi connectivity index (χ1v) is 10.2. The van der Waals surface area contributed by atoms with Crippen molar-refractivity contribution >= 4 is 34.1 Å². The molecule has 4 rings (SSSR count). The predicted molar refractivity (Wildman–Crippen MR) is 122 cm³/mol. The molecule has 0 aliphatic heterocycles. The summed E-state index contributed by atoms with van der Waals surface area (Å²) in [6.45, 7) is 2.00. The summed E-state index contributed by atoms with van der Waals surface area (Å²) in [6.07, 6.45) is 9.26. The molecule has 1 saturated carbocycles. The summed E-state index contributed by atoms with van der Waals surface area (Å²) < 4.78 is 0. The van der Waals surface area contributed by atoms with Crippen LogP contribution in [0.15, 0.2) is 55.0 Å². The van der Waals surface area contributed by atoms with Crippen LogP contribution >= 0.6 is 0 Å². The Morgan fingerprint density at radius 2 is 2.00 bits per heavy atom. The van der Waals surface area contributed by atoms with Gasteiger partial charge in [0.2, 0.25) is 11.8 Å². The molecule has 160 valence electrons. The molecule has 1 aliphatic rings. The number of hydrogen-bond acceptors (Lipinski definition) is 6. The maximum atomic E-state index is 12.3. The predicted octanol–water partition coefficient (Wildman–Crippen LogP) is 3.24. The first-order chi connectivity index (χ1) is 15.4. The van der Waals surface area contributed by atoms with Crippen LogP contribution in [0.3, 0.4) is 0 Å². The van der Waals surface area contributed by atoms with Gasteiger partial charge in [-0.05, 0) is 60.5 Å². The fourth-order valence-electron chi connectivity index (χ4n) is 3.55. The normalized spacial score (nSPS) is 14.1. The van der Waals surface area contributed by atoms with Crippen LogP contribution in [0, 0.1) is 18.3 Å². The van der Waals surface area contributed by atoms with Crippen LogP contribution in [0.1, 0.15) is 24.8 Å². The topological polar surface area (TPSA) is 134 Å². The van der Waals surface area contributed by atoms with Crippen LogP contribution in [-0.2, 0) is 9.59 Å². The Labute approximate surface area is 185 Å². The van der Waals surface area contributed by atoms with E-state index in [9.17, 15) is 9.59 Å². The van der Waals surface area contributed by atoms with Gasteiger partial charge in [-0.15, -0.1) is 0 Å². The van der Waals surface area contributed by atoms with Gasteiger partial charge in [0, 0.05) is 47.4 Å². The summed E-state index contributed by atoms with van der Waals surface area (Å²) in [5.41, 5.74) is 9.35. The lowest BCUT2D eigenvalue weighted by Gasteiger charge is -2.11. The number of amides is 2. The summed E-state index contributed by atoms with van der Waals surface area (Å²) in [7, 11) is 0. The van der Waals surface area contributed by atoms with Gasteiger partial charge in [0.25, 0.3) is 0 Å². The molecule has 8 nitrogen and oxygen atoms in total. The molecule has 4 N–H and O–H groups in total. The highest BCUT2D eigenvalue weighted by Crippen LogP contribution is 2.38. The number of nitriles is 1. The van der Waals surface area contributed by atoms with Crippen LogP contribution < -0.4 is 16.4 Å². The molecule has 0 atom stereocenters. The number of nitrogens with two attached hydrogens (primary N) is 1. The summed E-state index contributed by atoms with van der Waals surface area (Å²) in [4.78, 5) is 32.7. The average molecular weight is 426 g/mol. The van der Waals surface area contributed by atoms with Gasteiger partial charge in [-0.3, -0.25) is 14.6 Å². The minimum absolute atomic E-state index is 0.267. The number of anilines is 2. The third kappa shape index (κ3) is 4.57. The molecule has 0 saturated heterocycles. The summed E-state index contributed by atoms with van der Waals surface area (Å²) in [5, 5.41) is 15.9. The van der Waals surface area contributed by atoms with Crippen LogP contribution in [-0.4, -0.2) is 27.3 Å². The smallest absolute Gasteiger partial charge is 0.249 e. The SMILES string of the molecule is Cc1ccncc1-c1cc(N)c2cnc(NC(=O)/C=C\C(=O)NC3(CC#N)CC3)cc2c1. The van der Waals surface area contributed by atoms with E-state index in [0.717, 1.165) is 52.5 Å². The van der Waals surface area contributed by atoms with Gasteiger partial charge in [0.15, 0.2) is 0 Å². The number of carbonyl (C=O) groups excluding carboxylic acids is 2. The van der Waals surface area contributed by atoms with E-state index in [4.69, 9.17) is 11.0 Å². The fourth-order valence-corrected chi connectivity index (χ4v) is 3.55. The molecule has 0 bridgehead atoms. The molecule has 1 fully saturated rings. The molecule has 1 aromatic carbocycles. The molecule has 0 radical (unpaired) electrons. The summed E-state index contributed by atoms with van der Waals surface area (Å²) in [5.74, 6) is -0.539. The number of benzene rings is 1. The molecule has 1 aliphatic carbocycles. The third-order valence-corrected chi connectivity index (χ3v) is 5.52. The van der Waals surface area contributed by atoms with Crippen LogP contribution in [0.2, 0.25) is 0 Å². The second kappa shape index (κ2) is 8.47. The number of rotatable bonds is 6. The Kier molecular flexibility index (Phi) is 5.56. The fraction of sp³-hybridized carbons (Fsp3) is 0.208. The Hall–Kier alpha value is -4.25. The van der Waals surface area contributed by atoms with E-state index < -0.39 is 17.4 Å². The highest BCUT2D eigenvalue weighted by atomic mass is 16.2. The number of nitrogens with one attached hydrogen (secondary N) is 2. The van der Waals surface area contributed by atoms with Crippen molar-refractivity contribution in [3.05, 3.63) is 60.6 Å². The van der Waals surface area contributed by atoms with Crippen LogP contribution in [0.25, 0.3) is 21.9 Å². The van der Waals surface area contributed by atoms with E-state index in [0.29, 0.717) is 11.5 Å². The second-order valence-corrected chi connectivity index (χ2v) is 7.97. The zero-order chi connectivity index (χ0) is 22.7. The lowest BCUT2D eigenvalue weighted by atomic mass is 9.99. The molecule has 32 heavy (non-hydrogen) atoms. The average Bonchev–Trinajstić information content (AvgIpc) is 3.51. The molecule has 0 spiro atoms. The van der Waals surface area contributed by atoms with E-state index in [1.807, 2.05) is 25.1 Å². The lowest BCUT2D eigenvalue weighted by Crippen LogP contribution is -2.35. The van der Waals surface area contributed by atoms with Crippen molar-refractivity contribution in [1.29, 1.82) is 5.26 Å². The molecule has 2 amide bonds. The summed E-state index contributed by atoms with van der Waals surface area (Å²) in [6, 6.07) is 9.59. The van der Waals surface area contributed by atoms with E-state index in [1.165, 1.54) is 0 Å². The van der Waals surface area contributed by atoms with Crippen molar-refractivity contribution in [2.24, 2.45) is 0 Å². The number of hydrogen-bond donors (Lipinski definition) is 3. The van der Waals surface area contributed by atoms with Crippen molar-refractivity contribution in [2.45, 2.75) is 31.7 Å². The van der Waals surface area contributed by atoms with Crippen molar-refractivity contribution in [3.63, 3.8) is 0 Å². The molecule has 2 heterocycles. The number of nitrogens with zero attached hydrogens (tertiary/aromatic N) is 3. The Morgan fingerprint density at radius 3 is 2.72 bits per heavy atom. The van der Waals surface area contributed by atoms with Crippen molar-refractivity contribution in [3.8, 4) is 17.2 Å². The molecule has 2 aromatic heterocycles.